The van der Waals surface area contributed by atoms with Crippen LogP contribution >= 0.6 is 0 Å². The van der Waals surface area contributed by atoms with E-state index in [1.807, 2.05) is 6.92 Å². The molecule has 5 nitrogen and oxygen atoms in total. The zero-order valence-electron chi connectivity index (χ0n) is 10.1. The second-order valence-corrected chi connectivity index (χ2v) is 4.67. The highest BCUT2D eigenvalue weighted by molar-refractivity contribution is 5.89. The van der Waals surface area contributed by atoms with Crippen molar-refractivity contribution in [2.24, 2.45) is 5.92 Å². The Kier molecular flexibility index (Phi) is 4.29. The van der Waals surface area contributed by atoms with Crippen LogP contribution in [-0.4, -0.2) is 47.6 Å². The highest BCUT2D eigenvalue weighted by Crippen LogP contribution is 2.16. The van der Waals surface area contributed by atoms with Gasteiger partial charge >= 0.3 is 0 Å². The Labute approximate surface area is 95.8 Å². The topological polar surface area (TPSA) is 69.6 Å². The first-order chi connectivity index (χ1) is 7.40. The van der Waals surface area contributed by atoms with Crippen molar-refractivity contribution >= 4 is 11.8 Å². The van der Waals surface area contributed by atoms with Crippen LogP contribution in [0.3, 0.4) is 0 Å². The molecule has 1 fully saturated rings. The monoisotopic (exact) mass is 228 g/mol. The zero-order valence-corrected chi connectivity index (χ0v) is 10.1. The summed E-state index contributed by atoms with van der Waals surface area (Å²) in [6.07, 6.45) is 0.398. The Morgan fingerprint density at radius 1 is 1.62 bits per heavy atom. The number of carbonyl (C=O) groups excluding carboxylic acids is 2. The third kappa shape index (κ3) is 3.48. The first-order valence-corrected chi connectivity index (χ1v) is 5.62. The van der Waals surface area contributed by atoms with Crippen LogP contribution in [0.15, 0.2) is 0 Å². The molecule has 92 valence electrons. The standard InChI is InChI=1S/C11H20N2O3/c1-7(4-8(2)14)12-11(16)9-5-10(15)13(3)6-9/h7-9,14H,4-6H2,1-3H3,(H,12,16). The third-order valence-electron chi connectivity index (χ3n) is 2.80. The molecule has 0 bridgehead atoms. The summed E-state index contributed by atoms with van der Waals surface area (Å²) in [4.78, 5) is 24.6. The highest BCUT2D eigenvalue weighted by atomic mass is 16.3. The van der Waals surface area contributed by atoms with E-state index in [9.17, 15) is 14.7 Å². The number of aliphatic hydroxyl groups excluding tert-OH is 1. The van der Waals surface area contributed by atoms with E-state index in [4.69, 9.17) is 0 Å². The predicted molar refractivity (Wildman–Crippen MR) is 59.6 cm³/mol. The Morgan fingerprint density at radius 2 is 2.25 bits per heavy atom. The summed E-state index contributed by atoms with van der Waals surface area (Å²) in [5, 5.41) is 12.0. The SMILES string of the molecule is CC(O)CC(C)NC(=O)C1CC(=O)N(C)C1. The van der Waals surface area contributed by atoms with Gasteiger partial charge in [-0.3, -0.25) is 9.59 Å². The van der Waals surface area contributed by atoms with Crippen LogP contribution in [0.2, 0.25) is 0 Å². The lowest BCUT2D eigenvalue weighted by molar-refractivity contribution is -0.128. The normalized spacial score (nSPS) is 24.4. The van der Waals surface area contributed by atoms with Crippen LogP contribution in [0, 0.1) is 5.92 Å². The number of aliphatic hydroxyl groups is 1. The van der Waals surface area contributed by atoms with Gasteiger partial charge < -0.3 is 15.3 Å². The van der Waals surface area contributed by atoms with E-state index in [2.05, 4.69) is 5.32 Å². The lowest BCUT2D eigenvalue weighted by atomic mass is 10.1. The van der Waals surface area contributed by atoms with E-state index in [0.29, 0.717) is 19.4 Å². The first kappa shape index (κ1) is 13.0. The van der Waals surface area contributed by atoms with Crippen LogP contribution in [0.25, 0.3) is 0 Å². The molecule has 2 N–H and O–H groups in total. The number of hydrogen-bond donors (Lipinski definition) is 2. The molecule has 0 saturated carbocycles. The summed E-state index contributed by atoms with van der Waals surface area (Å²) in [5.74, 6) is -0.317. The summed E-state index contributed by atoms with van der Waals surface area (Å²) in [7, 11) is 1.70. The molecule has 1 saturated heterocycles. The molecular formula is C11H20N2O3. The van der Waals surface area contributed by atoms with Crippen molar-refractivity contribution in [1.82, 2.24) is 10.2 Å². The number of carbonyl (C=O) groups is 2. The Morgan fingerprint density at radius 3 is 2.69 bits per heavy atom. The van der Waals surface area contributed by atoms with Gasteiger partial charge in [0.1, 0.15) is 0 Å². The van der Waals surface area contributed by atoms with Gasteiger partial charge in [0, 0.05) is 26.1 Å². The highest BCUT2D eigenvalue weighted by Gasteiger charge is 2.32. The van der Waals surface area contributed by atoms with E-state index in [1.54, 1.807) is 18.9 Å². The van der Waals surface area contributed by atoms with Crippen LogP contribution < -0.4 is 5.32 Å². The number of nitrogens with one attached hydrogen (secondary N) is 1. The molecule has 16 heavy (non-hydrogen) atoms. The second-order valence-electron chi connectivity index (χ2n) is 4.67. The van der Waals surface area contributed by atoms with Gasteiger partial charge in [0.25, 0.3) is 0 Å². The average molecular weight is 228 g/mol. The van der Waals surface area contributed by atoms with Crippen LogP contribution in [0.4, 0.5) is 0 Å². The summed E-state index contributed by atoms with van der Waals surface area (Å²) in [6.45, 7) is 4.03. The number of amides is 2. The van der Waals surface area contributed by atoms with Crippen molar-refractivity contribution in [1.29, 1.82) is 0 Å². The van der Waals surface area contributed by atoms with Crippen molar-refractivity contribution in [2.45, 2.75) is 38.8 Å². The van der Waals surface area contributed by atoms with Crippen LogP contribution in [0.5, 0.6) is 0 Å². The minimum atomic E-state index is -0.428. The van der Waals surface area contributed by atoms with Gasteiger partial charge in [0.05, 0.1) is 12.0 Å². The maximum absolute atomic E-state index is 11.8. The molecule has 0 aromatic heterocycles. The molecule has 1 aliphatic heterocycles. The number of hydrogen-bond acceptors (Lipinski definition) is 3. The summed E-state index contributed by atoms with van der Waals surface area (Å²) >= 11 is 0. The van der Waals surface area contributed by atoms with E-state index in [-0.39, 0.29) is 23.8 Å². The molecule has 0 radical (unpaired) electrons. The molecule has 0 spiro atoms. The van der Waals surface area contributed by atoms with E-state index in [0.717, 1.165) is 0 Å². The Bertz CT molecular complexity index is 278. The maximum atomic E-state index is 11.8. The van der Waals surface area contributed by atoms with Crippen molar-refractivity contribution in [3.63, 3.8) is 0 Å². The Hall–Kier alpha value is -1.10. The fraction of sp³-hybridized carbons (Fsp3) is 0.818. The average Bonchev–Trinajstić information content (AvgIpc) is 2.45. The fourth-order valence-electron chi connectivity index (χ4n) is 1.97. The van der Waals surface area contributed by atoms with Crippen LogP contribution in [-0.2, 0) is 9.59 Å². The lowest BCUT2D eigenvalue weighted by Crippen LogP contribution is -2.39. The van der Waals surface area contributed by atoms with E-state index >= 15 is 0 Å². The molecule has 3 atom stereocenters. The molecule has 1 rings (SSSR count). The summed E-state index contributed by atoms with van der Waals surface area (Å²) < 4.78 is 0. The largest absolute Gasteiger partial charge is 0.393 e. The molecular weight excluding hydrogens is 208 g/mol. The number of nitrogens with zero attached hydrogens (tertiary/aromatic N) is 1. The second kappa shape index (κ2) is 5.30. The summed E-state index contributed by atoms with van der Waals surface area (Å²) in [6, 6.07) is -0.0616. The number of rotatable bonds is 4. The minimum Gasteiger partial charge on any atom is -0.393 e. The molecule has 0 aromatic rings. The molecule has 0 aromatic carbocycles. The van der Waals surface area contributed by atoms with Crippen LogP contribution in [0.1, 0.15) is 26.7 Å². The molecule has 3 unspecified atom stereocenters. The fourth-order valence-corrected chi connectivity index (χ4v) is 1.97. The molecule has 0 aliphatic carbocycles. The van der Waals surface area contributed by atoms with Gasteiger partial charge in [-0.1, -0.05) is 0 Å². The van der Waals surface area contributed by atoms with Gasteiger partial charge in [-0.05, 0) is 20.3 Å². The lowest BCUT2D eigenvalue weighted by Gasteiger charge is -2.17. The van der Waals surface area contributed by atoms with Gasteiger partial charge in [0.2, 0.25) is 11.8 Å². The molecule has 1 aliphatic rings. The van der Waals surface area contributed by atoms with Crippen molar-refractivity contribution in [3.05, 3.63) is 0 Å². The van der Waals surface area contributed by atoms with E-state index in [1.165, 1.54) is 0 Å². The molecule has 5 heteroatoms. The van der Waals surface area contributed by atoms with Gasteiger partial charge in [0.15, 0.2) is 0 Å². The van der Waals surface area contributed by atoms with Crippen molar-refractivity contribution < 1.29 is 14.7 Å². The smallest absolute Gasteiger partial charge is 0.225 e. The van der Waals surface area contributed by atoms with Gasteiger partial charge in [-0.25, -0.2) is 0 Å². The Balaban J connectivity index is 2.38. The van der Waals surface area contributed by atoms with Gasteiger partial charge in [-0.15, -0.1) is 0 Å². The predicted octanol–water partition coefficient (Wildman–Crippen LogP) is -0.260. The number of likely N-dealkylation sites (tertiary alicyclic amines) is 1. The first-order valence-electron chi connectivity index (χ1n) is 5.62. The van der Waals surface area contributed by atoms with Gasteiger partial charge in [-0.2, -0.15) is 0 Å². The minimum absolute atomic E-state index is 0.0170. The van der Waals surface area contributed by atoms with Crippen molar-refractivity contribution in [3.8, 4) is 0 Å². The molecule has 2 amide bonds. The molecule has 1 heterocycles. The zero-order chi connectivity index (χ0) is 12.3. The van der Waals surface area contributed by atoms with Crippen molar-refractivity contribution in [2.75, 3.05) is 13.6 Å². The van der Waals surface area contributed by atoms with E-state index < -0.39 is 6.10 Å². The maximum Gasteiger partial charge on any atom is 0.225 e. The quantitative estimate of drug-likeness (QED) is 0.696. The third-order valence-corrected chi connectivity index (χ3v) is 2.80. The summed E-state index contributed by atoms with van der Waals surface area (Å²) in [5.41, 5.74) is 0.